The van der Waals surface area contributed by atoms with Gasteiger partial charge in [0.05, 0.1) is 36.8 Å². The summed E-state index contributed by atoms with van der Waals surface area (Å²) in [6.45, 7) is 4.36. The number of rotatable bonds is 8. The molecule has 1 heterocycles. The Hall–Kier alpha value is -2.57. The molecule has 146 valence electrons. The molecule has 0 saturated carbocycles. The summed E-state index contributed by atoms with van der Waals surface area (Å²) in [5.41, 5.74) is 0.995. The number of imide groups is 1. The third-order valence-electron chi connectivity index (χ3n) is 4.23. The fourth-order valence-corrected chi connectivity index (χ4v) is 3.95. The SMILES string of the molecule is COc1ccccc1C1=C(Sc2ccccc2)C(=O)N(CCOC(C)C)C1=O. The Balaban J connectivity index is 2.00. The topological polar surface area (TPSA) is 55.8 Å². The molecule has 0 unspecified atom stereocenters. The van der Waals surface area contributed by atoms with Crippen LogP contribution in [0.25, 0.3) is 5.57 Å². The van der Waals surface area contributed by atoms with Gasteiger partial charge in [-0.3, -0.25) is 14.5 Å². The Morgan fingerprint density at radius 1 is 0.964 bits per heavy atom. The van der Waals surface area contributed by atoms with Gasteiger partial charge in [-0.15, -0.1) is 0 Å². The van der Waals surface area contributed by atoms with Gasteiger partial charge < -0.3 is 9.47 Å². The molecule has 0 aromatic heterocycles. The summed E-state index contributed by atoms with van der Waals surface area (Å²) in [5.74, 6) is -0.0579. The van der Waals surface area contributed by atoms with Crippen LogP contribution in [0.4, 0.5) is 0 Å². The normalized spacial score (nSPS) is 14.4. The standard InChI is InChI=1S/C22H23NO4S/c1-15(2)27-14-13-23-21(24)19(17-11-7-8-12-18(17)26-3)20(22(23)25)28-16-9-5-4-6-10-16/h4-12,15H,13-14H2,1-3H3. The van der Waals surface area contributed by atoms with E-state index in [4.69, 9.17) is 9.47 Å². The Bertz CT molecular complexity index is 892. The highest BCUT2D eigenvalue weighted by Gasteiger charge is 2.40. The zero-order valence-electron chi connectivity index (χ0n) is 16.2. The number of nitrogens with zero attached hydrogens (tertiary/aromatic N) is 1. The highest BCUT2D eigenvalue weighted by Crippen LogP contribution is 2.41. The average Bonchev–Trinajstić information content (AvgIpc) is 2.92. The summed E-state index contributed by atoms with van der Waals surface area (Å²) in [6.07, 6.45) is 0.0348. The Morgan fingerprint density at radius 3 is 2.32 bits per heavy atom. The van der Waals surface area contributed by atoms with Gasteiger partial charge in [-0.2, -0.15) is 0 Å². The van der Waals surface area contributed by atoms with E-state index in [2.05, 4.69) is 0 Å². The first-order valence-corrected chi connectivity index (χ1v) is 9.93. The first-order valence-electron chi connectivity index (χ1n) is 9.11. The lowest BCUT2D eigenvalue weighted by molar-refractivity contribution is -0.137. The van der Waals surface area contributed by atoms with Crippen LogP contribution in [0, 0.1) is 0 Å². The van der Waals surface area contributed by atoms with Gasteiger partial charge in [0, 0.05) is 10.5 Å². The fourth-order valence-electron chi connectivity index (χ4n) is 2.93. The van der Waals surface area contributed by atoms with Crippen molar-refractivity contribution in [2.24, 2.45) is 0 Å². The first-order chi connectivity index (χ1) is 13.5. The molecule has 0 N–H and O–H groups in total. The van der Waals surface area contributed by atoms with Crippen molar-refractivity contribution in [1.82, 2.24) is 4.90 Å². The van der Waals surface area contributed by atoms with Gasteiger partial charge in [-0.1, -0.05) is 48.2 Å². The molecule has 0 spiro atoms. The van der Waals surface area contributed by atoms with E-state index >= 15 is 0 Å². The Labute approximate surface area is 169 Å². The molecule has 0 aliphatic carbocycles. The molecule has 0 saturated heterocycles. The number of amides is 2. The molecule has 5 nitrogen and oxygen atoms in total. The van der Waals surface area contributed by atoms with Crippen molar-refractivity contribution in [3.8, 4) is 5.75 Å². The van der Waals surface area contributed by atoms with E-state index in [1.807, 2.05) is 56.3 Å². The van der Waals surface area contributed by atoms with Crippen LogP contribution < -0.4 is 4.74 Å². The van der Waals surface area contributed by atoms with Crippen LogP contribution in [-0.2, 0) is 14.3 Å². The second-order valence-corrected chi connectivity index (χ2v) is 7.58. The first kappa shape index (κ1) is 20.2. The average molecular weight is 397 g/mol. The molecule has 0 radical (unpaired) electrons. The van der Waals surface area contributed by atoms with Crippen LogP contribution in [0.1, 0.15) is 19.4 Å². The van der Waals surface area contributed by atoms with Crippen LogP contribution in [0.5, 0.6) is 5.75 Å². The fraction of sp³-hybridized carbons (Fsp3) is 0.273. The lowest BCUT2D eigenvalue weighted by atomic mass is 10.1. The van der Waals surface area contributed by atoms with Crippen molar-refractivity contribution in [3.63, 3.8) is 0 Å². The molecule has 0 atom stereocenters. The minimum atomic E-state index is -0.319. The molecule has 2 aromatic carbocycles. The molecule has 1 aliphatic heterocycles. The van der Waals surface area contributed by atoms with Crippen molar-refractivity contribution in [2.45, 2.75) is 24.8 Å². The van der Waals surface area contributed by atoms with E-state index in [0.29, 0.717) is 28.4 Å². The highest BCUT2D eigenvalue weighted by atomic mass is 32.2. The van der Waals surface area contributed by atoms with E-state index in [9.17, 15) is 9.59 Å². The second-order valence-electron chi connectivity index (χ2n) is 6.50. The van der Waals surface area contributed by atoms with Crippen LogP contribution in [-0.4, -0.2) is 43.1 Å². The molecule has 0 fully saturated rings. The summed E-state index contributed by atoms with van der Waals surface area (Å²) in [5, 5.41) is 0. The molecule has 0 bridgehead atoms. The number of ether oxygens (including phenoxy) is 2. The largest absolute Gasteiger partial charge is 0.496 e. The molecule has 1 aliphatic rings. The van der Waals surface area contributed by atoms with Gasteiger partial charge in [-0.25, -0.2) is 0 Å². The molecular weight excluding hydrogens is 374 g/mol. The number of thioether (sulfide) groups is 1. The molecule has 2 amide bonds. The van der Waals surface area contributed by atoms with Gasteiger partial charge in [0.2, 0.25) is 0 Å². The summed E-state index contributed by atoms with van der Waals surface area (Å²) in [7, 11) is 1.55. The maximum Gasteiger partial charge on any atom is 0.268 e. The number of hydrogen-bond donors (Lipinski definition) is 0. The minimum Gasteiger partial charge on any atom is -0.496 e. The number of methoxy groups -OCH3 is 1. The second kappa shape index (κ2) is 9.08. The lowest BCUT2D eigenvalue weighted by Crippen LogP contribution is -2.35. The van der Waals surface area contributed by atoms with Crippen LogP contribution in [0.3, 0.4) is 0 Å². The zero-order valence-corrected chi connectivity index (χ0v) is 17.0. The number of carbonyl (C=O) groups excluding carboxylic acids is 2. The zero-order chi connectivity index (χ0) is 20.1. The van der Waals surface area contributed by atoms with Crippen LogP contribution in [0.2, 0.25) is 0 Å². The van der Waals surface area contributed by atoms with Gasteiger partial charge in [0.25, 0.3) is 11.8 Å². The van der Waals surface area contributed by atoms with Crippen LogP contribution >= 0.6 is 11.8 Å². The molecular formula is C22H23NO4S. The van der Waals surface area contributed by atoms with E-state index in [0.717, 1.165) is 4.90 Å². The molecule has 6 heteroatoms. The number of benzene rings is 2. The molecule has 2 aromatic rings. The predicted molar refractivity (Wildman–Crippen MR) is 110 cm³/mol. The van der Waals surface area contributed by atoms with Crippen molar-refractivity contribution >= 4 is 29.1 Å². The van der Waals surface area contributed by atoms with E-state index in [1.54, 1.807) is 19.2 Å². The Morgan fingerprint density at radius 2 is 1.64 bits per heavy atom. The summed E-state index contributed by atoms with van der Waals surface area (Å²) < 4.78 is 11.0. The van der Waals surface area contributed by atoms with Crippen LogP contribution in [0.15, 0.2) is 64.4 Å². The minimum absolute atomic E-state index is 0.0348. The number of hydrogen-bond acceptors (Lipinski definition) is 5. The van der Waals surface area contributed by atoms with Gasteiger partial charge in [-0.05, 0) is 32.0 Å². The molecule has 28 heavy (non-hydrogen) atoms. The van der Waals surface area contributed by atoms with E-state index in [1.165, 1.54) is 16.7 Å². The van der Waals surface area contributed by atoms with E-state index < -0.39 is 0 Å². The number of carbonyl (C=O) groups is 2. The van der Waals surface area contributed by atoms with E-state index in [-0.39, 0.29) is 24.5 Å². The summed E-state index contributed by atoms with van der Waals surface area (Å²) in [6, 6.07) is 16.8. The third-order valence-corrected chi connectivity index (χ3v) is 5.32. The molecule has 3 rings (SSSR count). The quantitative estimate of drug-likeness (QED) is 0.631. The Kier molecular flexibility index (Phi) is 6.54. The highest BCUT2D eigenvalue weighted by molar-refractivity contribution is 8.04. The van der Waals surface area contributed by atoms with Gasteiger partial charge in [0.15, 0.2) is 0 Å². The maximum absolute atomic E-state index is 13.2. The summed E-state index contributed by atoms with van der Waals surface area (Å²) >= 11 is 1.30. The van der Waals surface area contributed by atoms with Crippen molar-refractivity contribution in [2.75, 3.05) is 20.3 Å². The summed E-state index contributed by atoms with van der Waals surface area (Å²) in [4.78, 5) is 28.9. The van der Waals surface area contributed by atoms with Gasteiger partial charge >= 0.3 is 0 Å². The van der Waals surface area contributed by atoms with Crippen molar-refractivity contribution in [3.05, 3.63) is 65.1 Å². The van der Waals surface area contributed by atoms with Crippen molar-refractivity contribution < 1.29 is 19.1 Å². The monoisotopic (exact) mass is 397 g/mol. The maximum atomic E-state index is 13.2. The van der Waals surface area contributed by atoms with Gasteiger partial charge in [0.1, 0.15) is 5.75 Å². The predicted octanol–water partition coefficient (Wildman–Crippen LogP) is 3.99. The number of para-hydroxylation sites is 1. The third kappa shape index (κ3) is 4.29. The van der Waals surface area contributed by atoms with Crippen molar-refractivity contribution in [1.29, 1.82) is 0 Å². The lowest BCUT2D eigenvalue weighted by Gasteiger charge is -2.16. The smallest absolute Gasteiger partial charge is 0.268 e.